The summed E-state index contributed by atoms with van der Waals surface area (Å²) in [5, 5.41) is 0. The van der Waals surface area contributed by atoms with Gasteiger partial charge in [-0.05, 0) is 48.5 Å². The van der Waals surface area contributed by atoms with E-state index in [4.69, 9.17) is 11.5 Å². The lowest BCUT2D eigenvalue weighted by Crippen LogP contribution is -2.11. The molecule has 0 aliphatic heterocycles. The summed E-state index contributed by atoms with van der Waals surface area (Å²) < 4.78 is 0. The molecular weight excluding hydrogens is 258 g/mol. The molecule has 0 fully saturated rings. The zero-order valence-electron chi connectivity index (χ0n) is 11.6. The van der Waals surface area contributed by atoms with E-state index in [1.54, 1.807) is 0 Å². The van der Waals surface area contributed by atoms with Crippen LogP contribution in [0.25, 0.3) is 0 Å². The minimum absolute atomic E-state index is 0.734. The molecule has 21 heavy (non-hydrogen) atoms. The van der Waals surface area contributed by atoms with Crippen LogP contribution in [0.4, 0.5) is 28.4 Å². The van der Waals surface area contributed by atoms with Gasteiger partial charge in [-0.3, -0.25) is 0 Å². The van der Waals surface area contributed by atoms with E-state index < -0.39 is 0 Å². The molecule has 0 aromatic heterocycles. The van der Waals surface area contributed by atoms with Gasteiger partial charge in [0, 0.05) is 17.1 Å². The van der Waals surface area contributed by atoms with E-state index in [9.17, 15) is 0 Å². The van der Waals surface area contributed by atoms with Crippen molar-refractivity contribution in [1.29, 1.82) is 0 Å². The smallest absolute Gasteiger partial charge is 0.0691 e. The highest BCUT2D eigenvalue weighted by Crippen LogP contribution is 2.37. The fraction of sp³-hybridized carbons (Fsp3) is 0. The Morgan fingerprint density at radius 1 is 0.571 bits per heavy atom. The number of nitrogen functional groups attached to an aromatic ring is 2. The topological polar surface area (TPSA) is 55.3 Å². The van der Waals surface area contributed by atoms with Crippen LogP contribution in [0.2, 0.25) is 0 Å². The Labute approximate surface area is 124 Å². The van der Waals surface area contributed by atoms with Gasteiger partial charge in [-0.25, -0.2) is 0 Å². The largest absolute Gasteiger partial charge is 0.399 e. The van der Waals surface area contributed by atoms with Crippen LogP contribution in [0.1, 0.15) is 0 Å². The second-order valence-electron chi connectivity index (χ2n) is 4.82. The van der Waals surface area contributed by atoms with Crippen molar-refractivity contribution in [3.05, 3.63) is 78.9 Å². The van der Waals surface area contributed by atoms with Crippen LogP contribution in [0, 0.1) is 0 Å². The van der Waals surface area contributed by atoms with Gasteiger partial charge in [0.25, 0.3) is 0 Å². The third kappa shape index (κ3) is 2.67. The second kappa shape index (κ2) is 5.59. The first-order chi connectivity index (χ1) is 10.3. The standard InChI is InChI=1S/C18H17N3/c19-14-10-12-16(13-11-14)21(15-6-2-1-3-7-15)18-9-5-4-8-17(18)20/h1-13H,19-20H2. The third-order valence-electron chi connectivity index (χ3n) is 3.34. The Bertz CT molecular complexity index is 721. The van der Waals surface area contributed by atoms with E-state index in [1.165, 1.54) is 0 Å². The van der Waals surface area contributed by atoms with Crippen molar-refractivity contribution in [3.8, 4) is 0 Å². The van der Waals surface area contributed by atoms with Gasteiger partial charge in [-0.15, -0.1) is 0 Å². The number of hydrogen-bond donors (Lipinski definition) is 2. The molecule has 3 nitrogen and oxygen atoms in total. The lowest BCUT2D eigenvalue weighted by molar-refractivity contribution is 1.29. The van der Waals surface area contributed by atoms with Crippen LogP contribution in [0.3, 0.4) is 0 Å². The molecule has 3 aromatic carbocycles. The summed E-state index contributed by atoms with van der Waals surface area (Å²) >= 11 is 0. The normalized spacial score (nSPS) is 10.3. The molecule has 3 heteroatoms. The molecule has 0 bridgehead atoms. The summed E-state index contributed by atoms with van der Waals surface area (Å²) in [4.78, 5) is 2.12. The monoisotopic (exact) mass is 275 g/mol. The molecule has 0 aliphatic rings. The fourth-order valence-electron chi connectivity index (χ4n) is 2.32. The van der Waals surface area contributed by atoms with Crippen molar-refractivity contribution in [2.75, 3.05) is 16.4 Å². The molecule has 0 spiro atoms. The first-order valence-corrected chi connectivity index (χ1v) is 6.81. The molecule has 3 rings (SSSR count). The summed E-state index contributed by atoms with van der Waals surface area (Å²) in [7, 11) is 0. The maximum atomic E-state index is 6.16. The van der Waals surface area contributed by atoms with Crippen LogP contribution < -0.4 is 16.4 Å². The Hall–Kier alpha value is -2.94. The van der Waals surface area contributed by atoms with E-state index in [2.05, 4.69) is 17.0 Å². The predicted molar refractivity (Wildman–Crippen MR) is 89.9 cm³/mol. The Morgan fingerprint density at radius 2 is 1.14 bits per heavy atom. The highest BCUT2D eigenvalue weighted by molar-refractivity contribution is 5.83. The van der Waals surface area contributed by atoms with Crippen LogP contribution in [-0.2, 0) is 0 Å². The summed E-state index contributed by atoms with van der Waals surface area (Å²) in [6, 6.07) is 25.8. The highest BCUT2D eigenvalue weighted by atomic mass is 15.1. The summed E-state index contributed by atoms with van der Waals surface area (Å²) in [5.41, 5.74) is 16.5. The summed E-state index contributed by atoms with van der Waals surface area (Å²) in [6.45, 7) is 0. The lowest BCUT2D eigenvalue weighted by Gasteiger charge is -2.26. The number of nitrogens with zero attached hydrogens (tertiary/aromatic N) is 1. The van der Waals surface area contributed by atoms with Gasteiger partial charge < -0.3 is 16.4 Å². The number of benzene rings is 3. The van der Waals surface area contributed by atoms with Crippen molar-refractivity contribution in [2.24, 2.45) is 0 Å². The van der Waals surface area contributed by atoms with E-state index in [0.717, 1.165) is 28.4 Å². The number of para-hydroxylation sites is 3. The number of nitrogens with two attached hydrogens (primary N) is 2. The molecule has 0 amide bonds. The molecule has 3 aromatic rings. The van der Waals surface area contributed by atoms with E-state index in [1.807, 2.05) is 66.7 Å². The quantitative estimate of drug-likeness (QED) is 0.700. The fourth-order valence-corrected chi connectivity index (χ4v) is 2.32. The zero-order valence-corrected chi connectivity index (χ0v) is 11.6. The van der Waals surface area contributed by atoms with Crippen LogP contribution >= 0.6 is 0 Å². The maximum Gasteiger partial charge on any atom is 0.0691 e. The Balaban J connectivity index is 2.16. The first kappa shape index (κ1) is 13.1. The van der Waals surface area contributed by atoms with Gasteiger partial charge in [0.15, 0.2) is 0 Å². The van der Waals surface area contributed by atoms with Gasteiger partial charge in [0.05, 0.1) is 11.4 Å². The van der Waals surface area contributed by atoms with Crippen molar-refractivity contribution in [3.63, 3.8) is 0 Å². The van der Waals surface area contributed by atoms with Crippen LogP contribution in [-0.4, -0.2) is 0 Å². The summed E-state index contributed by atoms with van der Waals surface area (Å²) in [6.07, 6.45) is 0. The lowest BCUT2D eigenvalue weighted by atomic mass is 10.1. The first-order valence-electron chi connectivity index (χ1n) is 6.81. The van der Waals surface area contributed by atoms with E-state index in [-0.39, 0.29) is 0 Å². The minimum Gasteiger partial charge on any atom is -0.399 e. The van der Waals surface area contributed by atoms with Crippen LogP contribution in [0.15, 0.2) is 78.9 Å². The molecule has 0 unspecified atom stereocenters. The molecule has 0 saturated heterocycles. The van der Waals surface area contributed by atoms with Crippen molar-refractivity contribution >= 4 is 28.4 Å². The molecule has 0 heterocycles. The van der Waals surface area contributed by atoms with Gasteiger partial charge in [-0.1, -0.05) is 30.3 Å². The second-order valence-corrected chi connectivity index (χ2v) is 4.82. The molecule has 4 N–H and O–H groups in total. The van der Waals surface area contributed by atoms with Crippen molar-refractivity contribution in [1.82, 2.24) is 0 Å². The van der Waals surface area contributed by atoms with Gasteiger partial charge in [-0.2, -0.15) is 0 Å². The third-order valence-corrected chi connectivity index (χ3v) is 3.34. The maximum absolute atomic E-state index is 6.16. The predicted octanol–water partition coefficient (Wildman–Crippen LogP) is 4.32. The molecule has 0 radical (unpaired) electrons. The minimum atomic E-state index is 0.734. The summed E-state index contributed by atoms with van der Waals surface area (Å²) in [5.74, 6) is 0. The van der Waals surface area contributed by atoms with Gasteiger partial charge in [0.2, 0.25) is 0 Å². The molecule has 0 saturated carbocycles. The zero-order chi connectivity index (χ0) is 14.7. The Morgan fingerprint density at radius 3 is 1.81 bits per heavy atom. The van der Waals surface area contributed by atoms with Crippen molar-refractivity contribution in [2.45, 2.75) is 0 Å². The van der Waals surface area contributed by atoms with Gasteiger partial charge in [0.1, 0.15) is 0 Å². The van der Waals surface area contributed by atoms with E-state index in [0.29, 0.717) is 0 Å². The van der Waals surface area contributed by atoms with Crippen molar-refractivity contribution < 1.29 is 0 Å². The van der Waals surface area contributed by atoms with Gasteiger partial charge >= 0.3 is 0 Å². The molecule has 104 valence electrons. The number of anilines is 5. The highest BCUT2D eigenvalue weighted by Gasteiger charge is 2.13. The number of hydrogen-bond acceptors (Lipinski definition) is 3. The van der Waals surface area contributed by atoms with Crippen LogP contribution in [0.5, 0.6) is 0 Å². The number of rotatable bonds is 3. The molecular formula is C18H17N3. The van der Waals surface area contributed by atoms with E-state index >= 15 is 0 Å². The average Bonchev–Trinajstić information content (AvgIpc) is 2.52. The Kier molecular flexibility index (Phi) is 3.48. The average molecular weight is 275 g/mol. The SMILES string of the molecule is Nc1ccc(N(c2ccccc2)c2ccccc2N)cc1. The molecule has 0 aliphatic carbocycles. The molecule has 0 atom stereocenters.